The molecule has 1 aliphatic heterocycles. The molecule has 19 heavy (non-hydrogen) atoms. The van der Waals surface area contributed by atoms with Crippen LogP contribution in [0.5, 0.6) is 0 Å². The molecule has 1 rings (SSSR count). The lowest BCUT2D eigenvalue weighted by Gasteiger charge is -2.28. The van der Waals surface area contributed by atoms with E-state index < -0.39 is 9.84 Å². The number of halogens is 1. The first kappa shape index (κ1) is 16.7. The molecule has 1 aliphatic rings. The van der Waals surface area contributed by atoms with Gasteiger partial charge in [0, 0.05) is 38.6 Å². The van der Waals surface area contributed by atoms with E-state index in [0.717, 1.165) is 6.42 Å². The minimum atomic E-state index is -2.98. The van der Waals surface area contributed by atoms with Gasteiger partial charge in [0.25, 0.3) is 0 Å². The molecule has 0 radical (unpaired) electrons. The smallest absolute Gasteiger partial charge is 0.222 e. The number of methoxy groups -OCH3 is 1. The summed E-state index contributed by atoms with van der Waals surface area (Å²) in [6.07, 6.45) is 2.27. The Morgan fingerprint density at radius 3 is 2.68 bits per heavy atom. The number of hydrogen-bond donors (Lipinski definition) is 0. The van der Waals surface area contributed by atoms with Gasteiger partial charge in [0.1, 0.15) is 0 Å². The maximum atomic E-state index is 12.1. The third-order valence-corrected chi connectivity index (χ3v) is 5.26. The second-order valence-corrected chi connectivity index (χ2v) is 7.39. The first-order chi connectivity index (χ1) is 9.00. The number of amides is 1. The fourth-order valence-electron chi connectivity index (χ4n) is 2.27. The van der Waals surface area contributed by atoms with Gasteiger partial charge in [0.15, 0.2) is 9.84 Å². The molecule has 0 aromatic heterocycles. The lowest BCUT2D eigenvalue weighted by molar-refractivity contribution is -0.133. The molecule has 112 valence electrons. The fourth-order valence-corrected chi connectivity index (χ4v) is 4.14. The summed E-state index contributed by atoms with van der Waals surface area (Å²) >= 11 is 5.60. The Bertz CT molecular complexity index is 385. The molecule has 1 saturated heterocycles. The number of carbonyl (C=O) groups is 1. The minimum absolute atomic E-state index is 0.00106. The zero-order valence-corrected chi connectivity index (χ0v) is 12.9. The van der Waals surface area contributed by atoms with Crippen LogP contribution in [0.4, 0.5) is 0 Å². The summed E-state index contributed by atoms with van der Waals surface area (Å²) in [4.78, 5) is 13.8. The van der Waals surface area contributed by atoms with Crippen molar-refractivity contribution in [2.24, 2.45) is 0 Å². The van der Waals surface area contributed by atoms with E-state index >= 15 is 0 Å². The van der Waals surface area contributed by atoms with Crippen molar-refractivity contribution < 1.29 is 17.9 Å². The molecule has 0 aliphatic carbocycles. The largest absolute Gasteiger partial charge is 0.385 e. The van der Waals surface area contributed by atoms with Crippen LogP contribution in [0.2, 0.25) is 0 Å². The highest BCUT2D eigenvalue weighted by molar-refractivity contribution is 7.91. The molecular formula is C12H22ClNO4S. The molecule has 1 amide bonds. The van der Waals surface area contributed by atoms with Crippen molar-refractivity contribution in [2.75, 3.05) is 37.6 Å². The van der Waals surface area contributed by atoms with Gasteiger partial charge in [-0.05, 0) is 19.3 Å². The predicted octanol–water partition coefficient (Wildman–Crippen LogP) is 1.06. The van der Waals surface area contributed by atoms with Crippen LogP contribution in [-0.2, 0) is 19.4 Å². The van der Waals surface area contributed by atoms with Gasteiger partial charge in [0.05, 0.1) is 11.5 Å². The van der Waals surface area contributed by atoms with Gasteiger partial charge in [-0.2, -0.15) is 0 Å². The van der Waals surface area contributed by atoms with E-state index in [1.54, 1.807) is 12.0 Å². The van der Waals surface area contributed by atoms with Gasteiger partial charge in [-0.3, -0.25) is 4.79 Å². The summed E-state index contributed by atoms with van der Waals surface area (Å²) in [5.74, 6) is 0.716. The van der Waals surface area contributed by atoms with Crippen LogP contribution in [0.15, 0.2) is 0 Å². The van der Waals surface area contributed by atoms with Gasteiger partial charge in [0.2, 0.25) is 5.91 Å². The van der Waals surface area contributed by atoms with Gasteiger partial charge in [-0.15, -0.1) is 11.6 Å². The molecule has 0 N–H and O–H groups in total. The lowest BCUT2D eigenvalue weighted by Crippen LogP contribution is -2.42. The Morgan fingerprint density at radius 2 is 2.16 bits per heavy atom. The van der Waals surface area contributed by atoms with E-state index in [9.17, 15) is 13.2 Å². The van der Waals surface area contributed by atoms with Crippen molar-refractivity contribution in [3.63, 3.8) is 0 Å². The van der Waals surface area contributed by atoms with Gasteiger partial charge in [-0.1, -0.05) is 0 Å². The number of alkyl halides is 1. The number of ether oxygens (including phenoxy) is 1. The Hall–Kier alpha value is -0.330. The van der Waals surface area contributed by atoms with Gasteiger partial charge in [-0.25, -0.2) is 8.42 Å². The molecule has 1 atom stereocenters. The highest BCUT2D eigenvalue weighted by atomic mass is 35.5. The summed E-state index contributed by atoms with van der Waals surface area (Å²) in [7, 11) is -1.37. The molecular weight excluding hydrogens is 290 g/mol. The number of rotatable bonds is 8. The Balaban J connectivity index is 2.60. The third kappa shape index (κ3) is 5.67. The zero-order chi connectivity index (χ0) is 14.3. The average Bonchev–Trinajstić information content (AvgIpc) is 2.72. The van der Waals surface area contributed by atoms with Gasteiger partial charge < -0.3 is 9.64 Å². The molecule has 0 aromatic rings. The van der Waals surface area contributed by atoms with E-state index in [1.165, 1.54) is 0 Å². The summed E-state index contributed by atoms with van der Waals surface area (Å²) in [5, 5.41) is 0. The first-order valence-corrected chi connectivity index (χ1v) is 8.90. The van der Waals surface area contributed by atoms with Crippen LogP contribution in [0.3, 0.4) is 0 Å². The first-order valence-electron chi connectivity index (χ1n) is 6.55. The maximum absolute atomic E-state index is 12.1. The Morgan fingerprint density at radius 1 is 1.42 bits per heavy atom. The summed E-state index contributed by atoms with van der Waals surface area (Å²) in [6, 6.07) is -0.176. The standard InChI is InChI=1S/C12H22ClNO4S/c1-18-8-3-7-14(12(15)4-2-6-13)11-5-9-19(16,17)10-11/h11H,2-10H2,1H3. The van der Waals surface area contributed by atoms with Crippen LogP contribution in [0, 0.1) is 0 Å². The topological polar surface area (TPSA) is 63.7 Å². The highest BCUT2D eigenvalue weighted by Gasteiger charge is 2.33. The molecule has 0 bridgehead atoms. The van der Waals surface area contributed by atoms with Crippen molar-refractivity contribution in [1.29, 1.82) is 0 Å². The number of hydrogen-bond acceptors (Lipinski definition) is 4. The van der Waals surface area contributed by atoms with Crippen molar-refractivity contribution in [3.05, 3.63) is 0 Å². The number of sulfone groups is 1. The quantitative estimate of drug-likeness (QED) is 0.496. The monoisotopic (exact) mass is 311 g/mol. The lowest BCUT2D eigenvalue weighted by atomic mass is 10.2. The maximum Gasteiger partial charge on any atom is 0.222 e. The zero-order valence-electron chi connectivity index (χ0n) is 11.3. The van der Waals surface area contributed by atoms with E-state index in [4.69, 9.17) is 16.3 Å². The van der Waals surface area contributed by atoms with E-state index in [1.807, 2.05) is 0 Å². The molecule has 0 aromatic carbocycles. The van der Waals surface area contributed by atoms with Crippen LogP contribution in [0.25, 0.3) is 0 Å². The Kier molecular flexibility index (Phi) is 7.10. The molecule has 5 nitrogen and oxygen atoms in total. The summed E-state index contributed by atoms with van der Waals surface area (Å²) in [5.41, 5.74) is 0. The predicted molar refractivity (Wildman–Crippen MR) is 75.2 cm³/mol. The van der Waals surface area contributed by atoms with E-state index in [0.29, 0.717) is 38.3 Å². The van der Waals surface area contributed by atoms with Crippen molar-refractivity contribution in [2.45, 2.75) is 31.7 Å². The summed E-state index contributed by atoms with van der Waals surface area (Å²) in [6.45, 7) is 1.12. The third-order valence-electron chi connectivity index (χ3n) is 3.24. The number of nitrogens with zero attached hydrogens (tertiary/aromatic N) is 1. The molecule has 0 saturated carbocycles. The summed E-state index contributed by atoms with van der Waals surface area (Å²) < 4.78 is 28.0. The molecule has 7 heteroatoms. The van der Waals surface area contributed by atoms with Crippen LogP contribution < -0.4 is 0 Å². The Labute approximate surface area is 120 Å². The normalized spacial score (nSPS) is 21.5. The highest BCUT2D eigenvalue weighted by Crippen LogP contribution is 2.19. The fraction of sp³-hybridized carbons (Fsp3) is 0.917. The number of carbonyl (C=O) groups excluding carboxylic acids is 1. The second kappa shape index (κ2) is 8.07. The molecule has 1 fully saturated rings. The van der Waals surface area contributed by atoms with E-state index in [-0.39, 0.29) is 23.5 Å². The minimum Gasteiger partial charge on any atom is -0.385 e. The molecule has 1 unspecified atom stereocenters. The second-order valence-electron chi connectivity index (χ2n) is 4.78. The van der Waals surface area contributed by atoms with Crippen molar-refractivity contribution >= 4 is 27.3 Å². The van der Waals surface area contributed by atoms with Crippen LogP contribution in [0.1, 0.15) is 25.7 Å². The van der Waals surface area contributed by atoms with Crippen molar-refractivity contribution in [1.82, 2.24) is 4.90 Å². The van der Waals surface area contributed by atoms with Crippen molar-refractivity contribution in [3.8, 4) is 0 Å². The van der Waals surface area contributed by atoms with Crippen LogP contribution >= 0.6 is 11.6 Å². The van der Waals surface area contributed by atoms with Gasteiger partial charge >= 0.3 is 0 Å². The molecule has 0 spiro atoms. The van der Waals surface area contributed by atoms with E-state index in [2.05, 4.69) is 0 Å². The SMILES string of the molecule is COCCCN(C(=O)CCCCl)C1CCS(=O)(=O)C1. The average molecular weight is 312 g/mol. The van der Waals surface area contributed by atoms with Crippen LogP contribution in [-0.4, -0.2) is 62.9 Å². The molecule has 1 heterocycles.